The van der Waals surface area contributed by atoms with Crippen LogP contribution in [0.25, 0.3) is 77.6 Å². The van der Waals surface area contributed by atoms with E-state index in [2.05, 4.69) is 48.5 Å². The SMILES string of the molecule is Cn1c(-c2cc3c(cc2O)oc2ccccc23)nc2c(-c3nc(-c4ccccc4)cc4ccccc34)cccc21. The summed E-state index contributed by atoms with van der Waals surface area (Å²) in [6.45, 7) is 0. The highest BCUT2D eigenvalue weighted by atomic mass is 16.3. The maximum atomic E-state index is 11.1. The van der Waals surface area contributed by atoms with Crippen molar-refractivity contribution in [1.82, 2.24) is 14.5 Å². The third-order valence-corrected chi connectivity index (χ3v) is 7.71. The van der Waals surface area contributed by atoms with E-state index in [1.807, 2.05) is 72.3 Å². The molecule has 40 heavy (non-hydrogen) atoms. The Hall–Kier alpha value is -5.42. The molecule has 0 fully saturated rings. The average molecular weight is 518 g/mol. The monoisotopic (exact) mass is 517 g/mol. The Morgan fingerprint density at radius 2 is 1.43 bits per heavy atom. The molecule has 5 heteroatoms. The Morgan fingerprint density at radius 1 is 0.650 bits per heavy atom. The number of nitrogens with zero attached hydrogens (tertiary/aromatic N) is 3. The summed E-state index contributed by atoms with van der Waals surface area (Å²) in [5, 5.41) is 15.2. The van der Waals surface area contributed by atoms with E-state index in [4.69, 9.17) is 14.4 Å². The molecule has 0 saturated heterocycles. The minimum atomic E-state index is 0.126. The fraction of sp³-hybridized carbons (Fsp3) is 0.0286. The van der Waals surface area contributed by atoms with Crippen LogP contribution in [0, 0.1) is 0 Å². The molecule has 0 amide bonds. The Bertz CT molecular complexity index is 2240. The van der Waals surface area contributed by atoms with Crippen molar-refractivity contribution in [2.24, 2.45) is 7.05 Å². The molecule has 0 unspecified atom stereocenters. The average Bonchev–Trinajstić information content (AvgIpc) is 3.53. The first-order valence-corrected chi connectivity index (χ1v) is 13.2. The lowest BCUT2D eigenvalue weighted by molar-refractivity contribution is 0.476. The molecule has 190 valence electrons. The fourth-order valence-electron chi connectivity index (χ4n) is 5.75. The van der Waals surface area contributed by atoms with Crippen molar-refractivity contribution in [3.8, 4) is 39.7 Å². The van der Waals surface area contributed by atoms with Gasteiger partial charge in [0.25, 0.3) is 0 Å². The molecule has 5 aromatic carbocycles. The number of phenols is 1. The Balaban J connectivity index is 1.38. The first-order valence-electron chi connectivity index (χ1n) is 13.2. The largest absolute Gasteiger partial charge is 0.507 e. The van der Waals surface area contributed by atoms with E-state index in [0.29, 0.717) is 17.0 Å². The van der Waals surface area contributed by atoms with E-state index in [1.54, 1.807) is 6.07 Å². The van der Waals surface area contributed by atoms with Gasteiger partial charge in [-0.1, -0.05) is 84.9 Å². The molecule has 0 aliphatic carbocycles. The van der Waals surface area contributed by atoms with Crippen molar-refractivity contribution < 1.29 is 9.52 Å². The quantitative estimate of drug-likeness (QED) is 0.254. The molecular formula is C35H23N3O2. The minimum absolute atomic E-state index is 0.126. The van der Waals surface area contributed by atoms with E-state index in [9.17, 15) is 5.11 Å². The van der Waals surface area contributed by atoms with Gasteiger partial charge in [0, 0.05) is 40.4 Å². The zero-order valence-corrected chi connectivity index (χ0v) is 21.7. The lowest BCUT2D eigenvalue weighted by Crippen LogP contribution is -1.93. The van der Waals surface area contributed by atoms with Crippen molar-refractivity contribution in [2.75, 3.05) is 0 Å². The number of aromatic nitrogens is 3. The third kappa shape index (κ3) is 3.34. The summed E-state index contributed by atoms with van der Waals surface area (Å²) >= 11 is 0. The van der Waals surface area contributed by atoms with Gasteiger partial charge in [0.1, 0.15) is 22.7 Å². The Labute approximate surface area is 229 Å². The maximum absolute atomic E-state index is 11.1. The summed E-state index contributed by atoms with van der Waals surface area (Å²) in [6.07, 6.45) is 0. The molecule has 0 aliphatic rings. The predicted molar refractivity (Wildman–Crippen MR) is 161 cm³/mol. The van der Waals surface area contributed by atoms with Crippen molar-refractivity contribution in [1.29, 1.82) is 0 Å². The number of imidazole rings is 1. The topological polar surface area (TPSA) is 64.1 Å². The van der Waals surface area contributed by atoms with Gasteiger partial charge in [-0.2, -0.15) is 0 Å². The molecule has 0 atom stereocenters. The molecule has 1 N–H and O–H groups in total. The van der Waals surface area contributed by atoms with Crippen LogP contribution < -0.4 is 0 Å². The van der Waals surface area contributed by atoms with Crippen LogP contribution in [0.15, 0.2) is 120 Å². The van der Waals surface area contributed by atoms with Crippen LogP contribution in [0.4, 0.5) is 0 Å². The molecular weight excluding hydrogens is 494 g/mol. The first-order chi connectivity index (χ1) is 19.7. The lowest BCUT2D eigenvalue weighted by atomic mass is 10.00. The number of benzene rings is 5. The molecule has 0 aliphatic heterocycles. The van der Waals surface area contributed by atoms with E-state index < -0.39 is 0 Å². The first kappa shape index (κ1) is 22.6. The van der Waals surface area contributed by atoms with Crippen molar-refractivity contribution >= 4 is 43.7 Å². The number of fused-ring (bicyclic) bond motifs is 5. The summed E-state index contributed by atoms with van der Waals surface area (Å²) in [4.78, 5) is 10.3. The lowest BCUT2D eigenvalue weighted by Gasteiger charge is -2.11. The number of pyridine rings is 1. The molecule has 0 bridgehead atoms. The second-order valence-corrected chi connectivity index (χ2v) is 10.1. The summed E-state index contributed by atoms with van der Waals surface area (Å²) in [7, 11) is 1.98. The van der Waals surface area contributed by atoms with E-state index in [1.165, 1.54) is 0 Å². The predicted octanol–water partition coefficient (Wildman–Crippen LogP) is 8.73. The second kappa shape index (κ2) is 8.55. The van der Waals surface area contributed by atoms with Gasteiger partial charge in [0.2, 0.25) is 0 Å². The van der Waals surface area contributed by atoms with Crippen LogP contribution >= 0.6 is 0 Å². The molecule has 0 radical (unpaired) electrons. The van der Waals surface area contributed by atoms with Crippen LogP contribution in [0.3, 0.4) is 0 Å². The van der Waals surface area contributed by atoms with Crippen LogP contribution in [-0.2, 0) is 7.05 Å². The molecule has 3 heterocycles. The maximum Gasteiger partial charge on any atom is 0.144 e. The zero-order valence-electron chi connectivity index (χ0n) is 21.7. The van der Waals surface area contributed by atoms with E-state index in [-0.39, 0.29) is 5.75 Å². The minimum Gasteiger partial charge on any atom is -0.507 e. The highest BCUT2D eigenvalue weighted by Crippen LogP contribution is 2.40. The molecule has 8 aromatic rings. The van der Waals surface area contributed by atoms with Crippen LogP contribution in [0.5, 0.6) is 5.75 Å². The standard InChI is InChI=1S/C35H23N3O2/c1-38-29-16-9-15-25(33-23-13-6-5-12-22(23)18-28(36-33)21-10-3-2-4-11-21)34(29)37-35(38)27-19-26-24-14-7-8-17-31(24)40-32(26)20-30(27)39/h2-20,39H,1H3. The van der Waals surface area contributed by atoms with Gasteiger partial charge in [-0.15, -0.1) is 0 Å². The van der Waals surface area contributed by atoms with Crippen molar-refractivity contribution in [3.05, 3.63) is 115 Å². The van der Waals surface area contributed by atoms with Gasteiger partial charge in [0.15, 0.2) is 0 Å². The number of aryl methyl sites for hydroxylation is 1. The number of para-hydroxylation sites is 2. The van der Waals surface area contributed by atoms with Crippen LogP contribution in [0.2, 0.25) is 0 Å². The summed E-state index contributed by atoms with van der Waals surface area (Å²) in [6, 6.07) is 38.5. The summed E-state index contributed by atoms with van der Waals surface area (Å²) in [5.41, 5.74) is 7.69. The smallest absolute Gasteiger partial charge is 0.144 e. The summed E-state index contributed by atoms with van der Waals surface area (Å²) < 4.78 is 8.02. The number of aromatic hydroxyl groups is 1. The number of hydrogen-bond acceptors (Lipinski definition) is 4. The molecule has 3 aromatic heterocycles. The number of furan rings is 1. The van der Waals surface area contributed by atoms with Gasteiger partial charge < -0.3 is 14.1 Å². The van der Waals surface area contributed by atoms with E-state index in [0.717, 1.165) is 60.7 Å². The highest BCUT2D eigenvalue weighted by Gasteiger charge is 2.20. The number of rotatable bonds is 3. The number of phenolic OH excluding ortho intramolecular Hbond substituents is 1. The molecule has 0 saturated carbocycles. The fourth-order valence-corrected chi connectivity index (χ4v) is 5.75. The van der Waals surface area contributed by atoms with Crippen LogP contribution in [-0.4, -0.2) is 19.6 Å². The normalized spacial score (nSPS) is 11.7. The molecule has 8 rings (SSSR count). The van der Waals surface area contributed by atoms with E-state index >= 15 is 0 Å². The van der Waals surface area contributed by atoms with Gasteiger partial charge in [-0.3, -0.25) is 0 Å². The Kier molecular flexibility index (Phi) is 4.82. The highest BCUT2D eigenvalue weighted by molar-refractivity contribution is 6.08. The Morgan fingerprint density at radius 3 is 2.30 bits per heavy atom. The third-order valence-electron chi connectivity index (χ3n) is 7.71. The molecule has 5 nitrogen and oxygen atoms in total. The van der Waals surface area contributed by atoms with Crippen molar-refractivity contribution in [2.45, 2.75) is 0 Å². The van der Waals surface area contributed by atoms with Gasteiger partial charge in [-0.05, 0) is 29.7 Å². The summed E-state index contributed by atoms with van der Waals surface area (Å²) in [5.74, 6) is 0.803. The molecule has 0 spiro atoms. The van der Waals surface area contributed by atoms with Crippen LogP contribution in [0.1, 0.15) is 0 Å². The zero-order chi connectivity index (χ0) is 26.8. The second-order valence-electron chi connectivity index (χ2n) is 10.1. The van der Waals surface area contributed by atoms with Gasteiger partial charge in [-0.25, -0.2) is 9.97 Å². The van der Waals surface area contributed by atoms with Gasteiger partial charge in [0.05, 0.1) is 28.0 Å². The van der Waals surface area contributed by atoms with Crippen molar-refractivity contribution in [3.63, 3.8) is 0 Å². The number of hydrogen-bond donors (Lipinski definition) is 1. The van der Waals surface area contributed by atoms with Gasteiger partial charge >= 0.3 is 0 Å².